The van der Waals surface area contributed by atoms with Crippen molar-refractivity contribution in [3.63, 3.8) is 0 Å². The van der Waals surface area contributed by atoms with Crippen LogP contribution < -0.4 is 15.5 Å². The maximum atomic E-state index is 12.0. The Bertz CT molecular complexity index is 643. The minimum Gasteiger partial charge on any atom is -0.364 e. The molecule has 0 bridgehead atoms. The molecule has 1 aromatic carbocycles. The molecule has 0 aliphatic heterocycles. The number of likely N-dealkylation sites (N-methyl/N-ethyl adjacent to an activating group) is 1. The quantitative estimate of drug-likeness (QED) is 0.611. The minimum atomic E-state index is -0.272. The summed E-state index contributed by atoms with van der Waals surface area (Å²) in [5.74, 6) is -0.720. The molecule has 1 rings (SSSR count). The van der Waals surface area contributed by atoms with Crippen molar-refractivity contribution in [3.05, 3.63) is 29.8 Å². The first-order chi connectivity index (χ1) is 12.3. The van der Waals surface area contributed by atoms with Crippen LogP contribution in [0.2, 0.25) is 0 Å². The minimum absolute atomic E-state index is 0.0897. The third kappa shape index (κ3) is 7.89. The Balaban J connectivity index is 2.46. The number of rotatable bonds is 10. The fraction of sp³-hybridized carbons (Fsp3) is 0.444. The second-order valence-electron chi connectivity index (χ2n) is 5.76. The van der Waals surface area contributed by atoms with Gasteiger partial charge < -0.3 is 20.3 Å². The van der Waals surface area contributed by atoms with Crippen molar-refractivity contribution in [2.24, 2.45) is 0 Å². The number of Topliss-reactive ketones (excluding diaryl/α,β-unsaturated/α-hetero) is 1. The van der Waals surface area contributed by atoms with Crippen molar-refractivity contribution in [1.29, 1.82) is 0 Å². The molecule has 0 heterocycles. The molecule has 0 radical (unpaired) electrons. The fourth-order valence-electron chi connectivity index (χ4n) is 2.05. The number of nitrogens with zero attached hydrogens (tertiary/aromatic N) is 1. The molecule has 0 aliphatic rings. The summed E-state index contributed by atoms with van der Waals surface area (Å²) in [7, 11) is 3.16. The van der Waals surface area contributed by atoms with Gasteiger partial charge in [0, 0.05) is 32.7 Å². The van der Waals surface area contributed by atoms with Crippen molar-refractivity contribution < 1.29 is 23.9 Å². The number of amides is 3. The lowest BCUT2D eigenvalue weighted by Crippen LogP contribution is -2.31. The summed E-state index contributed by atoms with van der Waals surface area (Å²) < 4.78 is 5.02. The van der Waals surface area contributed by atoms with Gasteiger partial charge in [-0.05, 0) is 24.6 Å². The number of anilines is 1. The molecule has 0 unspecified atom stereocenters. The van der Waals surface area contributed by atoms with E-state index in [-0.39, 0.29) is 56.1 Å². The van der Waals surface area contributed by atoms with Crippen molar-refractivity contribution in [2.45, 2.75) is 19.8 Å². The van der Waals surface area contributed by atoms with Crippen LogP contribution in [0.3, 0.4) is 0 Å². The van der Waals surface area contributed by atoms with Gasteiger partial charge in [0.15, 0.2) is 5.78 Å². The van der Waals surface area contributed by atoms with Crippen LogP contribution in [-0.4, -0.2) is 57.4 Å². The number of ketones is 1. The van der Waals surface area contributed by atoms with Crippen LogP contribution in [0.5, 0.6) is 0 Å². The van der Waals surface area contributed by atoms with Crippen molar-refractivity contribution in [3.8, 4) is 0 Å². The lowest BCUT2D eigenvalue weighted by molar-refractivity contribution is -0.127. The number of benzene rings is 1. The predicted octanol–water partition coefficient (Wildman–Crippen LogP) is 0.0498. The number of ether oxygens (including phenoxy) is 1. The molecule has 142 valence electrons. The highest BCUT2D eigenvalue weighted by Crippen LogP contribution is 2.14. The molecular weight excluding hydrogens is 338 g/mol. The Morgan fingerprint density at radius 3 is 2.27 bits per heavy atom. The molecule has 0 fully saturated rings. The molecule has 0 aromatic heterocycles. The van der Waals surface area contributed by atoms with E-state index < -0.39 is 0 Å². The Morgan fingerprint density at radius 1 is 1.04 bits per heavy atom. The van der Waals surface area contributed by atoms with Gasteiger partial charge in [-0.2, -0.15) is 0 Å². The lowest BCUT2D eigenvalue weighted by atomic mass is 10.1. The molecule has 2 N–H and O–H groups in total. The van der Waals surface area contributed by atoms with E-state index in [4.69, 9.17) is 4.74 Å². The molecule has 0 atom stereocenters. The first-order valence-corrected chi connectivity index (χ1v) is 8.23. The second kappa shape index (κ2) is 11.0. The monoisotopic (exact) mass is 363 g/mol. The second-order valence-corrected chi connectivity index (χ2v) is 5.76. The number of hydrogen-bond donors (Lipinski definition) is 2. The van der Waals surface area contributed by atoms with Crippen LogP contribution in [0.4, 0.5) is 5.69 Å². The lowest BCUT2D eigenvalue weighted by Gasteiger charge is -2.17. The van der Waals surface area contributed by atoms with Crippen LogP contribution in [-0.2, 0) is 30.3 Å². The maximum Gasteiger partial charge on any atom is 0.252 e. The van der Waals surface area contributed by atoms with Gasteiger partial charge in [-0.3, -0.25) is 19.2 Å². The molecule has 8 heteroatoms. The third-order valence-electron chi connectivity index (χ3n) is 3.55. The molecule has 0 aliphatic carbocycles. The first-order valence-electron chi connectivity index (χ1n) is 8.23. The average molecular weight is 363 g/mol. The summed E-state index contributed by atoms with van der Waals surface area (Å²) in [6.07, 6.45) is 0.424. The summed E-state index contributed by atoms with van der Waals surface area (Å²) in [5.41, 5.74) is 1.45. The van der Waals surface area contributed by atoms with Crippen LogP contribution in [0.25, 0.3) is 0 Å². The smallest absolute Gasteiger partial charge is 0.252 e. The summed E-state index contributed by atoms with van der Waals surface area (Å²) in [6.45, 7) is 1.41. The van der Waals surface area contributed by atoms with Gasteiger partial charge in [-0.1, -0.05) is 12.1 Å². The summed E-state index contributed by atoms with van der Waals surface area (Å²) in [5, 5.41) is 5.16. The van der Waals surface area contributed by atoms with Gasteiger partial charge in [0.05, 0.1) is 6.42 Å². The summed E-state index contributed by atoms with van der Waals surface area (Å²) in [6, 6.07) is 6.98. The molecule has 0 saturated carbocycles. The van der Waals surface area contributed by atoms with Crippen molar-refractivity contribution >= 4 is 29.2 Å². The zero-order chi connectivity index (χ0) is 19.5. The van der Waals surface area contributed by atoms with E-state index in [1.54, 1.807) is 38.4 Å². The van der Waals surface area contributed by atoms with E-state index in [0.29, 0.717) is 5.69 Å². The van der Waals surface area contributed by atoms with Gasteiger partial charge >= 0.3 is 0 Å². The Hall–Kier alpha value is -2.74. The number of nitrogens with one attached hydrogen (secondary N) is 2. The van der Waals surface area contributed by atoms with Gasteiger partial charge in [-0.15, -0.1) is 0 Å². The predicted molar refractivity (Wildman–Crippen MR) is 96.7 cm³/mol. The zero-order valence-electron chi connectivity index (χ0n) is 15.3. The fourth-order valence-corrected chi connectivity index (χ4v) is 2.05. The standard InChI is InChI=1S/C18H25N3O5/c1-13(22)11-26-12-18(25)21(3)15-6-4-14(5-7-15)10-17(24)20-9-8-16(23)19-2/h4-7H,8-12H2,1-3H3,(H,19,23)(H,20,24). The van der Waals surface area contributed by atoms with E-state index in [2.05, 4.69) is 10.6 Å². The third-order valence-corrected chi connectivity index (χ3v) is 3.55. The van der Waals surface area contributed by atoms with E-state index >= 15 is 0 Å². The van der Waals surface area contributed by atoms with E-state index in [1.165, 1.54) is 11.8 Å². The average Bonchev–Trinajstić information content (AvgIpc) is 2.61. The topological polar surface area (TPSA) is 105 Å². The summed E-state index contributed by atoms with van der Waals surface area (Å²) >= 11 is 0. The van der Waals surface area contributed by atoms with E-state index in [0.717, 1.165) is 5.56 Å². The van der Waals surface area contributed by atoms with Gasteiger partial charge in [0.25, 0.3) is 5.91 Å². The van der Waals surface area contributed by atoms with E-state index in [1.807, 2.05) is 0 Å². The Kier molecular flexibility index (Phi) is 9.00. The molecule has 3 amide bonds. The Labute approximate surface area is 152 Å². The molecule has 26 heavy (non-hydrogen) atoms. The first kappa shape index (κ1) is 21.3. The largest absolute Gasteiger partial charge is 0.364 e. The normalized spacial score (nSPS) is 10.1. The van der Waals surface area contributed by atoms with Gasteiger partial charge in [0.1, 0.15) is 13.2 Å². The van der Waals surface area contributed by atoms with Crippen LogP contribution in [0, 0.1) is 0 Å². The maximum absolute atomic E-state index is 12.0. The SMILES string of the molecule is CNC(=O)CCNC(=O)Cc1ccc(N(C)C(=O)COCC(C)=O)cc1. The molecular formula is C18H25N3O5. The highest BCUT2D eigenvalue weighted by Gasteiger charge is 2.12. The number of hydrogen-bond acceptors (Lipinski definition) is 5. The van der Waals surface area contributed by atoms with Crippen LogP contribution in [0.1, 0.15) is 18.9 Å². The molecule has 0 saturated heterocycles. The van der Waals surface area contributed by atoms with Crippen LogP contribution >= 0.6 is 0 Å². The highest BCUT2D eigenvalue weighted by molar-refractivity contribution is 5.94. The highest BCUT2D eigenvalue weighted by atomic mass is 16.5. The van der Waals surface area contributed by atoms with Crippen LogP contribution in [0.15, 0.2) is 24.3 Å². The number of carbonyl (C=O) groups is 4. The van der Waals surface area contributed by atoms with Gasteiger partial charge in [-0.25, -0.2) is 0 Å². The van der Waals surface area contributed by atoms with Crippen molar-refractivity contribution in [2.75, 3.05) is 38.8 Å². The molecule has 1 aromatic rings. The van der Waals surface area contributed by atoms with Crippen molar-refractivity contribution in [1.82, 2.24) is 10.6 Å². The molecule has 0 spiro atoms. The summed E-state index contributed by atoms with van der Waals surface area (Å²) in [4.78, 5) is 47.1. The van der Waals surface area contributed by atoms with E-state index in [9.17, 15) is 19.2 Å². The molecule has 8 nitrogen and oxygen atoms in total. The van der Waals surface area contributed by atoms with Gasteiger partial charge in [0.2, 0.25) is 11.8 Å². The Morgan fingerprint density at radius 2 is 1.69 bits per heavy atom. The number of carbonyl (C=O) groups excluding carboxylic acids is 4. The zero-order valence-corrected chi connectivity index (χ0v) is 15.3.